The van der Waals surface area contributed by atoms with E-state index in [2.05, 4.69) is 26.1 Å². The average Bonchev–Trinajstić information content (AvgIpc) is 2.26. The van der Waals surface area contributed by atoms with E-state index in [1.807, 2.05) is 9.80 Å². The van der Waals surface area contributed by atoms with Crippen molar-refractivity contribution in [3.05, 3.63) is 0 Å². The Morgan fingerprint density at radius 2 is 2.00 bits per heavy atom. The van der Waals surface area contributed by atoms with E-state index in [-0.39, 0.29) is 6.03 Å². The van der Waals surface area contributed by atoms with Gasteiger partial charge in [0.2, 0.25) is 0 Å². The van der Waals surface area contributed by atoms with Crippen LogP contribution in [0.25, 0.3) is 0 Å². The zero-order valence-electron chi connectivity index (χ0n) is 10.1. The maximum atomic E-state index is 12.2. The van der Waals surface area contributed by atoms with Gasteiger partial charge in [0.15, 0.2) is 0 Å². The normalized spacial score (nSPS) is 16.9. The van der Waals surface area contributed by atoms with Gasteiger partial charge in [-0.1, -0.05) is 6.92 Å². The van der Waals surface area contributed by atoms with Crippen molar-refractivity contribution < 1.29 is 4.79 Å². The first kappa shape index (κ1) is 12.3. The summed E-state index contributed by atoms with van der Waals surface area (Å²) < 4.78 is 0. The number of carbonyl (C=O) groups is 1. The molecule has 0 unspecified atom stereocenters. The highest BCUT2D eigenvalue weighted by Gasteiger charge is 2.23. The first-order chi connectivity index (χ1) is 7.16. The van der Waals surface area contributed by atoms with Crippen LogP contribution in [0.3, 0.4) is 0 Å². The van der Waals surface area contributed by atoms with Gasteiger partial charge in [-0.05, 0) is 20.3 Å². The molecule has 0 spiro atoms. The Hall–Kier alpha value is -0.770. The van der Waals surface area contributed by atoms with Gasteiger partial charge >= 0.3 is 6.03 Å². The Bertz CT molecular complexity index is 200. The maximum Gasteiger partial charge on any atom is 0.320 e. The van der Waals surface area contributed by atoms with Crippen LogP contribution in [0.4, 0.5) is 4.79 Å². The van der Waals surface area contributed by atoms with Crippen molar-refractivity contribution in [1.29, 1.82) is 0 Å². The Balaban J connectivity index is 2.53. The molecule has 1 aliphatic rings. The van der Waals surface area contributed by atoms with Crippen molar-refractivity contribution in [3.8, 4) is 0 Å². The summed E-state index contributed by atoms with van der Waals surface area (Å²) >= 11 is 0. The number of nitrogens with one attached hydrogen (secondary N) is 1. The molecular weight excluding hydrogens is 190 g/mol. The van der Waals surface area contributed by atoms with Crippen LogP contribution in [0.1, 0.15) is 27.2 Å². The highest BCUT2D eigenvalue weighted by molar-refractivity contribution is 5.74. The Morgan fingerprint density at radius 1 is 1.40 bits per heavy atom. The van der Waals surface area contributed by atoms with E-state index < -0.39 is 0 Å². The summed E-state index contributed by atoms with van der Waals surface area (Å²) in [6.07, 6.45) is 1.02. The first-order valence-corrected chi connectivity index (χ1v) is 5.93. The van der Waals surface area contributed by atoms with Crippen molar-refractivity contribution >= 4 is 6.03 Å². The molecular formula is C11H23N3O. The van der Waals surface area contributed by atoms with Crippen LogP contribution in [0.5, 0.6) is 0 Å². The molecule has 0 aliphatic carbocycles. The summed E-state index contributed by atoms with van der Waals surface area (Å²) in [6.45, 7) is 10.7. The van der Waals surface area contributed by atoms with Crippen LogP contribution < -0.4 is 5.32 Å². The molecule has 4 nitrogen and oxygen atoms in total. The predicted octanol–water partition coefficient (Wildman–Crippen LogP) is 1.13. The molecule has 0 radical (unpaired) electrons. The lowest BCUT2D eigenvalue weighted by atomic mass is 10.3. The maximum absolute atomic E-state index is 12.2. The fourth-order valence-electron chi connectivity index (χ4n) is 1.85. The van der Waals surface area contributed by atoms with Crippen molar-refractivity contribution in [1.82, 2.24) is 15.1 Å². The van der Waals surface area contributed by atoms with Gasteiger partial charge in [-0.3, -0.25) is 0 Å². The summed E-state index contributed by atoms with van der Waals surface area (Å²) in [5, 5.41) is 3.26. The lowest BCUT2D eigenvalue weighted by Gasteiger charge is -2.35. The summed E-state index contributed by atoms with van der Waals surface area (Å²) in [4.78, 5) is 16.1. The molecule has 1 fully saturated rings. The fraction of sp³-hybridized carbons (Fsp3) is 0.909. The standard InChI is InChI=1S/C11H23N3O/c1-4-7-14(10(2)3)11(15)13-8-5-12-6-9-13/h10,12H,4-9H2,1-3H3. The van der Waals surface area contributed by atoms with Crippen LogP contribution in [-0.4, -0.2) is 54.6 Å². The monoisotopic (exact) mass is 213 g/mol. The topological polar surface area (TPSA) is 35.6 Å². The highest BCUT2D eigenvalue weighted by atomic mass is 16.2. The van der Waals surface area contributed by atoms with Crippen LogP contribution in [-0.2, 0) is 0 Å². The number of rotatable bonds is 3. The summed E-state index contributed by atoms with van der Waals surface area (Å²) in [5.74, 6) is 0. The third-order valence-corrected chi connectivity index (χ3v) is 2.72. The average molecular weight is 213 g/mol. The number of hydrogen-bond acceptors (Lipinski definition) is 2. The number of nitrogens with zero attached hydrogens (tertiary/aromatic N) is 2. The number of urea groups is 1. The van der Waals surface area contributed by atoms with Crippen LogP contribution in [0, 0.1) is 0 Å². The van der Waals surface area contributed by atoms with E-state index in [1.54, 1.807) is 0 Å². The molecule has 88 valence electrons. The molecule has 0 saturated carbocycles. The summed E-state index contributed by atoms with van der Waals surface area (Å²) in [5.41, 5.74) is 0. The largest absolute Gasteiger partial charge is 0.322 e. The van der Waals surface area contributed by atoms with Gasteiger partial charge in [0.1, 0.15) is 0 Å². The quantitative estimate of drug-likeness (QED) is 0.763. The molecule has 0 aromatic heterocycles. The third kappa shape index (κ3) is 3.38. The number of amides is 2. The summed E-state index contributed by atoms with van der Waals surface area (Å²) in [6, 6.07) is 0.501. The van der Waals surface area contributed by atoms with Gasteiger partial charge in [-0.15, -0.1) is 0 Å². The molecule has 15 heavy (non-hydrogen) atoms. The zero-order chi connectivity index (χ0) is 11.3. The van der Waals surface area contributed by atoms with E-state index in [0.29, 0.717) is 6.04 Å². The molecule has 1 heterocycles. The minimum atomic E-state index is 0.202. The van der Waals surface area contributed by atoms with Crippen molar-refractivity contribution in [2.75, 3.05) is 32.7 Å². The van der Waals surface area contributed by atoms with E-state index in [9.17, 15) is 4.79 Å². The van der Waals surface area contributed by atoms with Gasteiger partial charge in [0.25, 0.3) is 0 Å². The molecule has 1 aliphatic heterocycles. The Labute approximate surface area is 92.6 Å². The van der Waals surface area contributed by atoms with Gasteiger partial charge in [0.05, 0.1) is 0 Å². The minimum Gasteiger partial charge on any atom is -0.322 e. The zero-order valence-corrected chi connectivity index (χ0v) is 10.1. The summed E-state index contributed by atoms with van der Waals surface area (Å²) in [7, 11) is 0. The molecule has 1 saturated heterocycles. The molecule has 0 bridgehead atoms. The first-order valence-electron chi connectivity index (χ1n) is 5.93. The molecule has 0 atom stereocenters. The fourth-order valence-corrected chi connectivity index (χ4v) is 1.85. The number of piperazine rings is 1. The van der Waals surface area contributed by atoms with Crippen molar-refractivity contribution in [2.45, 2.75) is 33.2 Å². The van der Waals surface area contributed by atoms with E-state index in [4.69, 9.17) is 0 Å². The number of carbonyl (C=O) groups excluding carboxylic acids is 1. The Morgan fingerprint density at radius 3 is 2.47 bits per heavy atom. The second-order valence-corrected chi connectivity index (χ2v) is 4.31. The molecule has 4 heteroatoms. The van der Waals surface area contributed by atoms with Crippen LogP contribution in [0.15, 0.2) is 0 Å². The molecule has 0 aromatic rings. The highest BCUT2D eigenvalue weighted by Crippen LogP contribution is 2.06. The van der Waals surface area contributed by atoms with Gasteiger partial charge in [-0.2, -0.15) is 0 Å². The SMILES string of the molecule is CCCN(C(=O)N1CCNCC1)C(C)C. The van der Waals surface area contributed by atoms with Crippen LogP contribution >= 0.6 is 0 Å². The van der Waals surface area contributed by atoms with Gasteiger partial charge < -0.3 is 15.1 Å². The van der Waals surface area contributed by atoms with Gasteiger partial charge in [0, 0.05) is 38.8 Å². The Kier molecular flexibility index (Phi) is 4.88. The minimum absolute atomic E-state index is 0.202. The lowest BCUT2D eigenvalue weighted by molar-refractivity contribution is 0.134. The van der Waals surface area contributed by atoms with E-state index in [0.717, 1.165) is 39.1 Å². The molecule has 0 aromatic carbocycles. The lowest BCUT2D eigenvalue weighted by Crippen LogP contribution is -2.53. The molecule has 1 N–H and O–H groups in total. The van der Waals surface area contributed by atoms with Gasteiger partial charge in [-0.25, -0.2) is 4.79 Å². The van der Waals surface area contributed by atoms with Crippen molar-refractivity contribution in [3.63, 3.8) is 0 Å². The third-order valence-electron chi connectivity index (χ3n) is 2.72. The second-order valence-electron chi connectivity index (χ2n) is 4.31. The van der Waals surface area contributed by atoms with Crippen molar-refractivity contribution in [2.24, 2.45) is 0 Å². The van der Waals surface area contributed by atoms with Crippen LogP contribution in [0.2, 0.25) is 0 Å². The molecule has 1 rings (SSSR count). The molecule has 2 amide bonds. The predicted molar refractivity (Wildman–Crippen MR) is 62.0 cm³/mol. The number of hydrogen-bond donors (Lipinski definition) is 1. The van der Waals surface area contributed by atoms with E-state index >= 15 is 0 Å². The van der Waals surface area contributed by atoms with E-state index in [1.165, 1.54) is 0 Å². The second kappa shape index (κ2) is 5.95. The smallest absolute Gasteiger partial charge is 0.320 e.